The van der Waals surface area contributed by atoms with Crippen LogP contribution < -0.4 is 24.4 Å². The molecule has 14 heteroatoms. The quantitative estimate of drug-likeness (QED) is 0.477. The van der Waals surface area contributed by atoms with Gasteiger partial charge in [-0.05, 0) is 18.6 Å². The van der Waals surface area contributed by atoms with Crippen LogP contribution in [0.25, 0.3) is 10.2 Å². The lowest BCUT2D eigenvalue weighted by Crippen LogP contribution is -2.69. The number of hydrogen-bond donors (Lipinski definition) is 1. The molecule has 2 aromatic carbocycles. The molecule has 1 unspecified atom stereocenters. The minimum atomic E-state index is -3.91. The smallest absolute Gasteiger partial charge is 0.496 e. The second kappa shape index (κ2) is 8.25. The molecule has 0 aliphatic carbocycles. The standard InChI is InChI=1S/C23H19F2N3O7S2/c1-32-14-4-3-12-18(36-21(27-12)28-9-22(10-28)5-6-37(22)31)17(14)19(29)26-13-8-16-15(34-23(24,25)35-16)7-11(13)20(30)33-2/h3-4,7-8H,5-6,9-10H2,1-2H3,(H,26,29). The lowest BCUT2D eigenvalue weighted by Gasteiger charge is -2.54. The first-order valence-electron chi connectivity index (χ1n) is 11.1. The molecule has 0 saturated carbocycles. The summed E-state index contributed by atoms with van der Waals surface area (Å²) in [5, 5.41) is 3.28. The minimum absolute atomic E-state index is 0.113. The maximum Gasteiger partial charge on any atom is 0.586 e. The van der Waals surface area contributed by atoms with Crippen LogP contribution in [0, 0.1) is 0 Å². The van der Waals surface area contributed by atoms with Gasteiger partial charge in [0.2, 0.25) is 0 Å². The number of ether oxygens (including phenoxy) is 4. The number of fused-ring (bicyclic) bond motifs is 2. The molecule has 1 N–H and O–H groups in total. The first-order valence-corrected chi connectivity index (χ1v) is 13.2. The van der Waals surface area contributed by atoms with E-state index in [9.17, 15) is 22.6 Å². The predicted octanol–water partition coefficient (Wildman–Crippen LogP) is 3.38. The average Bonchev–Trinajstić information content (AvgIpc) is 3.38. The van der Waals surface area contributed by atoms with Gasteiger partial charge in [-0.15, -0.1) is 8.78 Å². The number of methoxy groups -OCH3 is 2. The molecule has 6 rings (SSSR count). The van der Waals surface area contributed by atoms with Crippen LogP contribution in [-0.2, 0) is 15.5 Å². The first kappa shape index (κ1) is 23.9. The fraction of sp³-hybridized carbons (Fsp3) is 0.348. The molecule has 1 amide bonds. The van der Waals surface area contributed by atoms with Gasteiger partial charge in [0, 0.05) is 41.8 Å². The number of aromatic nitrogens is 1. The molecule has 2 saturated heterocycles. The molecule has 2 fully saturated rings. The SMILES string of the molecule is COC(=O)c1cc2c(cc1NC(=O)c1c(OC)ccc3nc(N4CC5(CCS5=O)C4)sc13)OC(F)(F)O2. The highest BCUT2D eigenvalue weighted by molar-refractivity contribution is 7.88. The van der Waals surface area contributed by atoms with Crippen LogP contribution in [0.15, 0.2) is 24.3 Å². The van der Waals surface area contributed by atoms with Gasteiger partial charge in [0.05, 0.1) is 40.4 Å². The van der Waals surface area contributed by atoms with Gasteiger partial charge >= 0.3 is 12.3 Å². The maximum atomic E-state index is 13.6. The molecule has 10 nitrogen and oxygen atoms in total. The molecular weight excluding hydrogens is 532 g/mol. The van der Waals surface area contributed by atoms with Gasteiger partial charge in [0.25, 0.3) is 5.91 Å². The van der Waals surface area contributed by atoms with E-state index in [-0.39, 0.29) is 38.8 Å². The third kappa shape index (κ3) is 3.77. The summed E-state index contributed by atoms with van der Waals surface area (Å²) in [6, 6.07) is 5.42. The van der Waals surface area contributed by atoms with Crippen LogP contribution in [0.1, 0.15) is 27.1 Å². The Morgan fingerprint density at radius 3 is 2.54 bits per heavy atom. The molecule has 0 bridgehead atoms. The van der Waals surface area contributed by atoms with Crippen LogP contribution >= 0.6 is 11.3 Å². The fourth-order valence-electron chi connectivity index (χ4n) is 4.61. The number of alkyl halides is 2. The van der Waals surface area contributed by atoms with Gasteiger partial charge < -0.3 is 29.2 Å². The van der Waals surface area contributed by atoms with E-state index in [1.54, 1.807) is 12.1 Å². The van der Waals surface area contributed by atoms with Crippen molar-refractivity contribution < 1.29 is 41.5 Å². The number of amides is 1. The van der Waals surface area contributed by atoms with Crippen molar-refractivity contribution in [2.75, 3.05) is 43.3 Å². The summed E-state index contributed by atoms with van der Waals surface area (Å²) in [5.74, 6) is -1.27. The highest BCUT2D eigenvalue weighted by Gasteiger charge is 2.54. The molecule has 1 aromatic heterocycles. The van der Waals surface area contributed by atoms with Gasteiger partial charge in [0.1, 0.15) is 11.3 Å². The van der Waals surface area contributed by atoms with Gasteiger partial charge in [-0.25, -0.2) is 9.78 Å². The van der Waals surface area contributed by atoms with E-state index in [0.29, 0.717) is 28.4 Å². The Balaban J connectivity index is 1.35. The molecular formula is C23H19F2N3O7S2. The molecule has 1 atom stereocenters. The number of rotatable bonds is 5. The second-order valence-electron chi connectivity index (χ2n) is 8.78. The summed E-state index contributed by atoms with van der Waals surface area (Å²) in [6.07, 6.45) is -2.99. The number of nitrogens with zero attached hydrogens (tertiary/aromatic N) is 2. The lowest BCUT2D eigenvalue weighted by atomic mass is 9.95. The summed E-state index contributed by atoms with van der Waals surface area (Å²) < 4.78 is 58.7. The van der Waals surface area contributed by atoms with Crippen LogP contribution in [0.4, 0.5) is 19.6 Å². The molecule has 37 heavy (non-hydrogen) atoms. The highest BCUT2D eigenvalue weighted by Crippen LogP contribution is 2.46. The molecule has 3 aromatic rings. The molecule has 194 valence electrons. The Morgan fingerprint density at radius 1 is 1.19 bits per heavy atom. The Kier molecular flexibility index (Phi) is 5.32. The third-order valence-electron chi connectivity index (χ3n) is 6.60. The van der Waals surface area contributed by atoms with E-state index in [1.807, 2.05) is 4.90 Å². The molecule has 0 radical (unpaired) electrons. The monoisotopic (exact) mass is 551 g/mol. The van der Waals surface area contributed by atoms with Crippen molar-refractivity contribution in [2.45, 2.75) is 17.5 Å². The normalized spacial score (nSPS) is 20.3. The average molecular weight is 552 g/mol. The van der Waals surface area contributed by atoms with Gasteiger partial charge in [0.15, 0.2) is 16.6 Å². The van der Waals surface area contributed by atoms with Crippen LogP contribution in [0.3, 0.4) is 0 Å². The Labute approximate surface area is 214 Å². The maximum absolute atomic E-state index is 13.6. The van der Waals surface area contributed by atoms with E-state index in [1.165, 1.54) is 18.4 Å². The summed E-state index contributed by atoms with van der Waals surface area (Å²) in [7, 11) is 1.70. The van der Waals surface area contributed by atoms with Crippen LogP contribution in [-0.4, -0.2) is 65.2 Å². The van der Waals surface area contributed by atoms with Crippen molar-refractivity contribution in [3.63, 3.8) is 0 Å². The van der Waals surface area contributed by atoms with E-state index in [2.05, 4.69) is 19.8 Å². The number of benzene rings is 2. The zero-order valence-corrected chi connectivity index (χ0v) is 21.1. The summed E-state index contributed by atoms with van der Waals surface area (Å²) in [6.45, 7) is 1.28. The van der Waals surface area contributed by atoms with Crippen molar-refractivity contribution in [1.82, 2.24) is 4.98 Å². The number of nitrogens with one attached hydrogen (secondary N) is 1. The number of halogens is 2. The van der Waals surface area contributed by atoms with E-state index in [0.717, 1.165) is 31.4 Å². The number of hydrogen-bond acceptors (Lipinski definition) is 10. The van der Waals surface area contributed by atoms with Crippen LogP contribution in [0.5, 0.6) is 17.2 Å². The number of anilines is 2. The molecule has 1 spiro atoms. The third-order valence-corrected chi connectivity index (χ3v) is 9.76. The number of carbonyl (C=O) groups is 2. The van der Waals surface area contributed by atoms with Crippen LogP contribution in [0.2, 0.25) is 0 Å². The van der Waals surface area contributed by atoms with Crippen molar-refractivity contribution in [2.24, 2.45) is 0 Å². The molecule has 4 heterocycles. The molecule has 3 aliphatic heterocycles. The molecule has 3 aliphatic rings. The van der Waals surface area contributed by atoms with Gasteiger partial charge in [-0.1, -0.05) is 11.3 Å². The summed E-state index contributed by atoms with van der Waals surface area (Å²) in [4.78, 5) is 32.6. The van der Waals surface area contributed by atoms with Crippen molar-refractivity contribution in [3.8, 4) is 17.2 Å². The number of carbonyl (C=O) groups excluding carboxylic acids is 2. The predicted molar refractivity (Wildman–Crippen MR) is 131 cm³/mol. The minimum Gasteiger partial charge on any atom is -0.496 e. The second-order valence-corrected chi connectivity index (χ2v) is 11.7. The fourth-order valence-corrected chi connectivity index (χ4v) is 7.25. The summed E-state index contributed by atoms with van der Waals surface area (Å²) >= 11 is 1.29. The van der Waals surface area contributed by atoms with E-state index < -0.39 is 29.0 Å². The van der Waals surface area contributed by atoms with E-state index in [4.69, 9.17) is 9.47 Å². The van der Waals surface area contributed by atoms with E-state index >= 15 is 0 Å². The Morgan fingerprint density at radius 2 is 1.92 bits per heavy atom. The van der Waals surface area contributed by atoms with Crippen molar-refractivity contribution in [3.05, 3.63) is 35.4 Å². The van der Waals surface area contributed by atoms with Gasteiger partial charge in [-0.3, -0.25) is 9.00 Å². The summed E-state index contributed by atoms with van der Waals surface area (Å²) in [5.41, 5.74) is 0.398. The Bertz CT molecular complexity index is 1500. The highest BCUT2D eigenvalue weighted by atomic mass is 32.2. The topological polar surface area (TPSA) is 116 Å². The van der Waals surface area contributed by atoms with Crippen molar-refractivity contribution in [1.29, 1.82) is 0 Å². The number of thiazole rings is 1. The Hall–Kier alpha value is -3.52. The zero-order valence-electron chi connectivity index (χ0n) is 19.5. The first-order chi connectivity index (χ1) is 17.6. The largest absolute Gasteiger partial charge is 0.586 e. The van der Waals surface area contributed by atoms with Gasteiger partial charge in [-0.2, -0.15) is 0 Å². The zero-order chi connectivity index (χ0) is 26.1. The number of esters is 1. The van der Waals surface area contributed by atoms with Crippen molar-refractivity contribution >= 4 is 55.0 Å². The lowest BCUT2D eigenvalue weighted by molar-refractivity contribution is -0.286.